The molecule has 2 heterocycles. The summed E-state index contributed by atoms with van der Waals surface area (Å²) in [7, 11) is 0. The van der Waals surface area contributed by atoms with Gasteiger partial charge in [0.2, 0.25) is 0 Å². The van der Waals surface area contributed by atoms with Crippen molar-refractivity contribution >= 4 is 26.8 Å². The molecule has 0 saturated heterocycles. The number of H-pyrrole nitrogens is 1. The van der Waals surface area contributed by atoms with Crippen LogP contribution in [0, 0.1) is 0 Å². The first-order valence-electron chi connectivity index (χ1n) is 3.25. The number of aromatic nitrogens is 3. The van der Waals surface area contributed by atoms with Crippen LogP contribution in [-0.4, -0.2) is 15.2 Å². The molecule has 1 N–H and O–H groups in total. The van der Waals surface area contributed by atoms with Crippen LogP contribution in [0.4, 0.5) is 0 Å². The molecule has 0 atom stereocenters. The molecule has 0 spiro atoms. The molecule has 0 fully saturated rings. The van der Waals surface area contributed by atoms with Crippen molar-refractivity contribution in [3.8, 4) is 0 Å². The largest absolute Gasteiger partial charge is 0.280 e. The molecule has 0 aliphatic carbocycles. The Morgan fingerprint density at radius 1 is 1.55 bits per heavy atom. The van der Waals surface area contributed by atoms with E-state index in [1.807, 2.05) is 6.07 Å². The molecule has 2 aromatic heterocycles. The van der Waals surface area contributed by atoms with Crippen LogP contribution in [0.5, 0.6) is 0 Å². The van der Waals surface area contributed by atoms with E-state index in [0.29, 0.717) is 0 Å². The van der Waals surface area contributed by atoms with Gasteiger partial charge in [0.25, 0.3) is 0 Å². The number of alkyl halides is 1. The van der Waals surface area contributed by atoms with E-state index >= 15 is 0 Å². The molecule has 0 bridgehead atoms. The molecule has 0 aromatic carbocycles. The lowest BCUT2D eigenvalue weighted by molar-refractivity contribution is 1.06. The lowest BCUT2D eigenvalue weighted by atomic mass is 10.3. The van der Waals surface area contributed by atoms with Crippen LogP contribution in [-0.2, 0) is 5.33 Å². The van der Waals surface area contributed by atoms with Crippen molar-refractivity contribution in [3.05, 3.63) is 24.2 Å². The van der Waals surface area contributed by atoms with E-state index in [9.17, 15) is 0 Å². The highest BCUT2D eigenvalue weighted by Gasteiger charge is 2.01. The van der Waals surface area contributed by atoms with Crippen molar-refractivity contribution in [2.24, 2.45) is 0 Å². The second kappa shape index (κ2) is 2.62. The third kappa shape index (κ3) is 1.03. The molecule has 3 nitrogen and oxygen atoms in total. The maximum absolute atomic E-state index is 4.07. The van der Waals surface area contributed by atoms with Crippen molar-refractivity contribution in [2.75, 3.05) is 0 Å². The van der Waals surface area contributed by atoms with E-state index in [1.165, 1.54) is 0 Å². The summed E-state index contributed by atoms with van der Waals surface area (Å²) in [6.07, 6.45) is 3.52. The first-order chi connectivity index (χ1) is 5.42. The highest BCUT2D eigenvalue weighted by molar-refractivity contribution is 9.08. The van der Waals surface area contributed by atoms with Crippen molar-refractivity contribution in [1.82, 2.24) is 15.2 Å². The van der Waals surface area contributed by atoms with E-state index in [0.717, 1.165) is 21.9 Å². The molecular weight excluding hydrogens is 206 g/mol. The van der Waals surface area contributed by atoms with E-state index in [-0.39, 0.29) is 0 Å². The minimum absolute atomic E-state index is 0.799. The third-order valence-corrected chi connectivity index (χ3v) is 2.13. The number of rotatable bonds is 1. The summed E-state index contributed by atoms with van der Waals surface area (Å²) < 4.78 is 0. The zero-order valence-corrected chi connectivity index (χ0v) is 7.30. The predicted octanol–water partition coefficient (Wildman–Crippen LogP) is 1.85. The van der Waals surface area contributed by atoms with Crippen molar-refractivity contribution in [3.63, 3.8) is 0 Å². The third-order valence-electron chi connectivity index (χ3n) is 1.57. The van der Waals surface area contributed by atoms with E-state index < -0.39 is 0 Å². The van der Waals surface area contributed by atoms with Crippen LogP contribution in [0.1, 0.15) is 5.69 Å². The van der Waals surface area contributed by atoms with Gasteiger partial charge in [0.15, 0.2) is 0 Å². The Balaban J connectivity index is 2.76. The zero-order chi connectivity index (χ0) is 7.68. The summed E-state index contributed by atoms with van der Waals surface area (Å²) >= 11 is 3.37. The molecule has 4 heteroatoms. The minimum Gasteiger partial charge on any atom is -0.280 e. The lowest BCUT2D eigenvalue weighted by Gasteiger charge is -1.87. The summed E-state index contributed by atoms with van der Waals surface area (Å²) in [4.78, 5) is 3.96. The predicted molar refractivity (Wildman–Crippen MR) is 46.5 cm³/mol. The second-order valence-electron chi connectivity index (χ2n) is 2.23. The molecule has 0 aliphatic heterocycles. The monoisotopic (exact) mass is 211 g/mol. The van der Waals surface area contributed by atoms with Gasteiger partial charge in [-0.05, 0) is 6.07 Å². The molecule has 2 aromatic rings. The Morgan fingerprint density at radius 2 is 2.45 bits per heavy atom. The average Bonchev–Trinajstić information content (AvgIpc) is 2.47. The van der Waals surface area contributed by atoms with Crippen LogP contribution >= 0.6 is 15.9 Å². The van der Waals surface area contributed by atoms with Gasteiger partial charge in [-0.25, -0.2) is 0 Å². The zero-order valence-electron chi connectivity index (χ0n) is 5.71. The molecule has 0 unspecified atom stereocenters. The van der Waals surface area contributed by atoms with Gasteiger partial charge in [0.05, 0.1) is 11.9 Å². The van der Waals surface area contributed by atoms with Crippen LogP contribution in [0.15, 0.2) is 18.5 Å². The Morgan fingerprint density at radius 3 is 3.27 bits per heavy atom. The van der Waals surface area contributed by atoms with Gasteiger partial charge < -0.3 is 0 Å². The topological polar surface area (TPSA) is 41.6 Å². The first-order valence-corrected chi connectivity index (χ1v) is 4.37. The van der Waals surface area contributed by atoms with Crippen LogP contribution in [0.2, 0.25) is 0 Å². The molecule has 0 radical (unpaired) electrons. The SMILES string of the molecule is BrCc1[nH]nc2cnccc12. The fourth-order valence-corrected chi connectivity index (χ4v) is 1.45. The Kier molecular flexibility index (Phi) is 1.62. The van der Waals surface area contributed by atoms with Gasteiger partial charge in [0, 0.05) is 16.9 Å². The summed E-state index contributed by atoms with van der Waals surface area (Å²) in [6, 6.07) is 1.95. The molecular formula is C7H6BrN3. The summed E-state index contributed by atoms with van der Waals surface area (Å²) in [5, 5.41) is 8.93. The van der Waals surface area contributed by atoms with Crippen LogP contribution < -0.4 is 0 Å². The van der Waals surface area contributed by atoms with Gasteiger partial charge in [-0.2, -0.15) is 5.10 Å². The van der Waals surface area contributed by atoms with Gasteiger partial charge in [-0.1, -0.05) is 15.9 Å². The lowest BCUT2D eigenvalue weighted by Crippen LogP contribution is -1.75. The maximum atomic E-state index is 4.07. The fourth-order valence-electron chi connectivity index (χ4n) is 1.02. The number of hydrogen-bond acceptors (Lipinski definition) is 2. The van der Waals surface area contributed by atoms with Gasteiger partial charge in [-0.3, -0.25) is 10.1 Å². The second-order valence-corrected chi connectivity index (χ2v) is 2.79. The molecule has 0 aliphatic rings. The maximum Gasteiger partial charge on any atom is 0.111 e. The van der Waals surface area contributed by atoms with E-state index in [2.05, 4.69) is 31.1 Å². The highest BCUT2D eigenvalue weighted by Crippen LogP contribution is 2.15. The van der Waals surface area contributed by atoms with Crippen LogP contribution in [0.25, 0.3) is 10.9 Å². The molecule has 56 valence electrons. The quantitative estimate of drug-likeness (QED) is 0.733. The Hall–Kier alpha value is -0.900. The fraction of sp³-hybridized carbons (Fsp3) is 0.143. The normalized spacial score (nSPS) is 10.6. The van der Waals surface area contributed by atoms with Crippen LogP contribution in [0.3, 0.4) is 0 Å². The molecule has 0 amide bonds. The molecule has 2 rings (SSSR count). The first kappa shape index (κ1) is 6.79. The number of aromatic amines is 1. The number of fused-ring (bicyclic) bond motifs is 1. The summed E-state index contributed by atoms with van der Waals surface area (Å²) in [5.41, 5.74) is 2.02. The van der Waals surface area contributed by atoms with Gasteiger partial charge >= 0.3 is 0 Å². The molecule has 0 saturated carbocycles. The van der Waals surface area contributed by atoms with Crippen molar-refractivity contribution in [1.29, 1.82) is 0 Å². The Bertz CT molecular complexity index is 368. The highest BCUT2D eigenvalue weighted by atomic mass is 79.9. The van der Waals surface area contributed by atoms with Gasteiger partial charge in [0.1, 0.15) is 5.52 Å². The smallest absolute Gasteiger partial charge is 0.111 e. The van der Waals surface area contributed by atoms with Crippen molar-refractivity contribution < 1.29 is 0 Å². The molecule has 11 heavy (non-hydrogen) atoms. The summed E-state index contributed by atoms with van der Waals surface area (Å²) in [5.74, 6) is 0. The average molecular weight is 212 g/mol. The van der Waals surface area contributed by atoms with Gasteiger partial charge in [-0.15, -0.1) is 0 Å². The standard InChI is InChI=1S/C7H6BrN3/c8-3-6-5-1-2-9-4-7(5)11-10-6/h1-2,4H,3H2,(H,10,11). The summed E-state index contributed by atoms with van der Waals surface area (Å²) in [6.45, 7) is 0. The van der Waals surface area contributed by atoms with E-state index in [4.69, 9.17) is 0 Å². The van der Waals surface area contributed by atoms with E-state index in [1.54, 1.807) is 12.4 Å². The number of halogens is 1. The Labute approximate surface area is 72.0 Å². The number of hydrogen-bond donors (Lipinski definition) is 1. The number of nitrogens with one attached hydrogen (secondary N) is 1. The number of pyridine rings is 1. The minimum atomic E-state index is 0.799. The van der Waals surface area contributed by atoms with Crippen molar-refractivity contribution in [2.45, 2.75) is 5.33 Å². The number of nitrogens with zero attached hydrogens (tertiary/aromatic N) is 2.